The van der Waals surface area contributed by atoms with E-state index in [1.54, 1.807) is 6.08 Å². The van der Waals surface area contributed by atoms with Crippen molar-refractivity contribution in [1.29, 1.82) is 0 Å². The largest absolute Gasteiger partial charge is 0.480 e. The van der Waals surface area contributed by atoms with Gasteiger partial charge in [-0.1, -0.05) is 0 Å². The lowest BCUT2D eigenvalue weighted by Crippen LogP contribution is -2.11. The third-order valence-corrected chi connectivity index (χ3v) is 1.59. The van der Waals surface area contributed by atoms with Crippen LogP contribution in [-0.2, 0) is 9.53 Å². The molecule has 0 aromatic rings. The number of ether oxygens (including phenoxy) is 1. The fraction of sp³-hybridized carbons (Fsp3) is 0.200. The molecular weight excluding hydrogens is 139 g/mol. The molecule has 0 aromatic heterocycles. The van der Waals surface area contributed by atoms with Gasteiger partial charge in [0.15, 0.2) is 6.61 Å². The Bertz CT molecular complexity index is 183. The van der Waals surface area contributed by atoms with Gasteiger partial charge in [-0.3, -0.25) is 0 Å². The Morgan fingerprint density at radius 1 is 1.89 bits per heavy atom. The lowest BCUT2D eigenvalue weighted by Gasteiger charge is -2.03. The number of hydrogen-bond donors (Lipinski definition) is 1. The highest BCUT2D eigenvalue weighted by molar-refractivity contribution is 7.46. The van der Waals surface area contributed by atoms with E-state index in [2.05, 4.69) is 0 Å². The van der Waals surface area contributed by atoms with Crippen LogP contribution in [0.5, 0.6) is 0 Å². The van der Waals surface area contributed by atoms with Gasteiger partial charge in [-0.2, -0.15) is 0 Å². The monoisotopic (exact) mass is 144 g/mol. The summed E-state index contributed by atoms with van der Waals surface area (Å²) in [7, 11) is 0.980. The predicted octanol–water partition coefficient (Wildman–Crippen LogP) is 0.691. The lowest BCUT2D eigenvalue weighted by molar-refractivity contribution is -0.139. The average molecular weight is 144 g/mol. The molecule has 0 aliphatic carbocycles. The van der Waals surface area contributed by atoms with Gasteiger partial charge in [0.25, 0.3) is 0 Å². The third-order valence-electron chi connectivity index (χ3n) is 0.762. The number of aliphatic carboxylic acids is 1. The number of rotatable bonds is 3. The fourth-order valence-electron chi connectivity index (χ4n) is 0.356. The van der Waals surface area contributed by atoms with Crippen LogP contribution >= 0.6 is 8.20 Å². The zero-order valence-corrected chi connectivity index (χ0v) is 5.47. The Balaban J connectivity index is 2.13. The Hall–Kier alpha value is -0.660. The minimum Gasteiger partial charge on any atom is -0.480 e. The molecular formula is C5H5O3P. The van der Waals surface area contributed by atoms with Crippen LogP contribution in [0.4, 0.5) is 0 Å². The van der Waals surface area contributed by atoms with Gasteiger partial charge < -0.3 is 9.84 Å². The first-order valence-electron chi connectivity index (χ1n) is 2.38. The number of carbonyl (C=O) groups is 1. The van der Waals surface area contributed by atoms with Crippen molar-refractivity contribution >= 4 is 19.7 Å². The van der Waals surface area contributed by atoms with Crippen molar-refractivity contribution in [2.24, 2.45) is 0 Å². The van der Waals surface area contributed by atoms with Crippen molar-refractivity contribution < 1.29 is 14.6 Å². The predicted molar refractivity (Wildman–Crippen MR) is 34.7 cm³/mol. The van der Waals surface area contributed by atoms with Crippen LogP contribution in [0.2, 0.25) is 0 Å². The second-order valence-electron chi connectivity index (χ2n) is 1.47. The molecule has 1 heterocycles. The first-order chi connectivity index (χ1) is 4.29. The minimum atomic E-state index is -0.932. The van der Waals surface area contributed by atoms with Crippen LogP contribution in [-0.4, -0.2) is 23.2 Å². The van der Waals surface area contributed by atoms with E-state index in [0.29, 0.717) is 0 Å². The van der Waals surface area contributed by atoms with E-state index < -0.39 is 5.97 Å². The molecule has 4 heteroatoms. The summed E-state index contributed by atoms with van der Waals surface area (Å²) in [4.78, 5) is 9.88. The van der Waals surface area contributed by atoms with Crippen molar-refractivity contribution in [2.45, 2.75) is 0 Å². The van der Waals surface area contributed by atoms with Crippen LogP contribution in [0.15, 0.2) is 11.9 Å². The topological polar surface area (TPSA) is 46.5 Å². The highest BCUT2D eigenvalue weighted by Crippen LogP contribution is 2.13. The Labute approximate surface area is 53.7 Å². The maximum Gasteiger partial charge on any atom is 0.330 e. The fourth-order valence-corrected chi connectivity index (χ4v) is 0.766. The van der Waals surface area contributed by atoms with Gasteiger partial charge in [0, 0.05) is 0 Å². The maximum absolute atomic E-state index is 9.88. The van der Waals surface area contributed by atoms with Crippen LogP contribution in [0.3, 0.4) is 0 Å². The van der Waals surface area contributed by atoms with Gasteiger partial charge in [0.1, 0.15) is 5.48 Å². The molecule has 1 N–H and O–H groups in total. The first-order valence-corrected chi connectivity index (χ1v) is 3.34. The summed E-state index contributed by atoms with van der Waals surface area (Å²) in [5.41, 5.74) is 0.734. The molecule has 0 atom stereocenters. The van der Waals surface area contributed by atoms with E-state index in [4.69, 9.17) is 9.84 Å². The first kappa shape index (κ1) is 6.46. The molecule has 0 unspecified atom stereocenters. The maximum atomic E-state index is 9.88. The molecule has 9 heavy (non-hydrogen) atoms. The highest BCUT2D eigenvalue weighted by atomic mass is 31.1. The van der Waals surface area contributed by atoms with Gasteiger partial charge in [-0.05, 0) is 20.1 Å². The second-order valence-corrected chi connectivity index (χ2v) is 2.46. The van der Waals surface area contributed by atoms with E-state index in [0.717, 1.165) is 13.7 Å². The van der Waals surface area contributed by atoms with Crippen molar-refractivity contribution in [3.8, 4) is 0 Å². The van der Waals surface area contributed by atoms with E-state index >= 15 is 0 Å². The zero-order chi connectivity index (χ0) is 6.69. The summed E-state index contributed by atoms with van der Waals surface area (Å²) >= 11 is 0. The summed E-state index contributed by atoms with van der Waals surface area (Å²) in [6.45, 7) is -0.229. The van der Waals surface area contributed by atoms with Gasteiger partial charge >= 0.3 is 5.97 Å². The van der Waals surface area contributed by atoms with Gasteiger partial charge in [-0.15, -0.1) is 0 Å². The van der Waals surface area contributed by atoms with Crippen LogP contribution < -0.4 is 0 Å². The van der Waals surface area contributed by atoms with Crippen molar-refractivity contribution in [3.63, 3.8) is 0 Å². The Morgan fingerprint density at radius 2 is 2.56 bits per heavy atom. The summed E-state index contributed by atoms with van der Waals surface area (Å²) in [5, 5.41) is 8.12. The lowest BCUT2D eigenvalue weighted by atomic mass is 10.6. The molecule has 0 saturated heterocycles. The minimum absolute atomic E-state index is 0.229. The zero-order valence-electron chi connectivity index (χ0n) is 4.57. The quantitative estimate of drug-likeness (QED) is 0.592. The molecule has 0 spiro atoms. The Kier molecular flexibility index (Phi) is 1.98. The van der Waals surface area contributed by atoms with E-state index in [1.807, 2.05) is 5.82 Å². The molecule has 0 fully saturated rings. The van der Waals surface area contributed by atoms with Gasteiger partial charge in [0.2, 0.25) is 0 Å². The molecule has 0 aromatic carbocycles. The summed E-state index contributed by atoms with van der Waals surface area (Å²) in [6.07, 6.45) is 1.75. The van der Waals surface area contributed by atoms with E-state index in [-0.39, 0.29) is 6.61 Å². The standard InChI is InChI=1S/C5H5O3P/c6-4(7)3-8-5-1-2-9-5/h1-2H,3H2,(H,6,7). The van der Waals surface area contributed by atoms with E-state index in [9.17, 15) is 4.79 Å². The molecule has 1 aliphatic rings. The van der Waals surface area contributed by atoms with Crippen LogP contribution in [0.1, 0.15) is 0 Å². The molecule has 0 saturated carbocycles. The van der Waals surface area contributed by atoms with Crippen molar-refractivity contribution in [3.05, 3.63) is 11.9 Å². The summed E-state index contributed by atoms with van der Waals surface area (Å²) in [5.74, 6) is 0.954. The molecule has 3 nitrogen and oxygen atoms in total. The SMILES string of the molecule is O=C(O)COC1=PC=C1. The second kappa shape index (κ2) is 2.76. The molecule has 1 rings (SSSR count). The number of hydrogen-bond acceptors (Lipinski definition) is 2. The summed E-state index contributed by atoms with van der Waals surface area (Å²) in [6, 6.07) is 0. The molecule has 0 radical (unpaired) electrons. The van der Waals surface area contributed by atoms with Crippen molar-refractivity contribution in [1.82, 2.24) is 0 Å². The van der Waals surface area contributed by atoms with Crippen molar-refractivity contribution in [2.75, 3.05) is 6.61 Å². The molecule has 48 valence electrons. The average Bonchev–Trinajstić information content (AvgIpc) is 1.60. The van der Waals surface area contributed by atoms with Gasteiger partial charge in [0.05, 0.1) is 0 Å². The highest BCUT2D eigenvalue weighted by Gasteiger charge is 2.01. The van der Waals surface area contributed by atoms with Gasteiger partial charge in [-0.25, -0.2) is 4.79 Å². The molecule has 0 amide bonds. The smallest absolute Gasteiger partial charge is 0.330 e. The van der Waals surface area contributed by atoms with Crippen LogP contribution in [0.25, 0.3) is 0 Å². The normalized spacial score (nSPS) is 16.2. The molecule has 0 bridgehead atoms. The summed E-state index contributed by atoms with van der Waals surface area (Å²) < 4.78 is 4.76. The van der Waals surface area contributed by atoms with Crippen LogP contribution in [0, 0.1) is 0 Å². The number of carboxylic acid groups (broad SMARTS) is 1. The molecule has 1 aliphatic heterocycles. The third kappa shape index (κ3) is 1.96. The van der Waals surface area contributed by atoms with E-state index in [1.165, 1.54) is 0 Å². The number of carboxylic acids is 1. The Morgan fingerprint density at radius 3 is 2.89 bits per heavy atom.